The van der Waals surface area contributed by atoms with E-state index >= 15 is 4.39 Å². The third-order valence-electron chi connectivity index (χ3n) is 8.63. The van der Waals surface area contributed by atoms with E-state index in [2.05, 4.69) is 5.32 Å². The zero-order valence-electron chi connectivity index (χ0n) is 24.6. The van der Waals surface area contributed by atoms with Crippen molar-refractivity contribution < 1.29 is 33.0 Å². The number of ether oxygens (including phenoxy) is 3. The molecule has 0 bridgehead atoms. The smallest absolute Gasteiger partial charge is 0.308 e. The van der Waals surface area contributed by atoms with Crippen LogP contribution in [0.4, 0.5) is 10.1 Å². The van der Waals surface area contributed by atoms with Crippen LogP contribution in [0.1, 0.15) is 48.0 Å². The first-order valence-corrected chi connectivity index (χ1v) is 14.9. The second-order valence-corrected chi connectivity index (χ2v) is 11.8. The average Bonchev–Trinajstić information content (AvgIpc) is 3.59. The van der Waals surface area contributed by atoms with Crippen molar-refractivity contribution in [2.45, 2.75) is 56.8 Å². The van der Waals surface area contributed by atoms with Gasteiger partial charge in [0.2, 0.25) is 5.91 Å². The SMILES string of the molecule is COC(=O)C1CCC(OC[C@@H]2C[C@@H](OC)CN2C(=O)Cc2cc(Cl)c(NC(=O)c3cn(C)c4ccccc34)cc2F)CC1. The van der Waals surface area contributed by atoms with Crippen LogP contribution in [0.3, 0.4) is 0 Å². The fraction of sp³-hybridized carbons (Fsp3) is 0.469. The van der Waals surface area contributed by atoms with E-state index in [1.165, 1.54) is 13.2 Å². The van der Waals surface area contributed by atoms with Gasteiger partial charge in [-0.05, 0) is 55.9 Å². The predicted molar refractivity (Wildman–Crippen MR) is 161 cm³/mol. The summed E-state index contributed by atoms with van der Waals surface area (Å²) in [5.74, 6) is -1.58. The number of para-hydroxylation sites is 1. The molecule has 2 amide bonds. The number of nitrogens with zero attached hydrogens (tertiary/aromatic N) is 2. The second-order valence-electron chi connectivity index (χ2n) is 11.3. The molecule has 43 heavy (non-hydrogen) atoms. The number of carbonyl (C=O) groups is 3. The number of hydrogen-bond donors (Lipinski definition) is 1. The van der Waals surface area contributed by atoms with Crippen LogP contribution < -0.4 is 5.32 Å². The molecule has 2 fully saturated rings. The molecule has 1 aliphatic carbocycles. The number of aromatic nitrogens is 1. The molecular formula is C32H37ClFN3O6. The molecule has 0 radical (unpaired) electrons. The molecule has 0 spiro atoms. The summed E-state index contributed by atoms with van der Waals surface area (Å²) < 4.78 is 33.7. The fourth-order valence-corrected chi connectivity index (χ4v) is 6.42. The monoisotopic (exact) mass is 613 g/mol. The van der Waals surface area contributed by atoms with Gasteiger partial charge in [-0.3, -0.25) is 14.4 Å². The van der Waals surface area contributed by atoms with Crippen LogP contribution in [0.2, 0.25) is 5.02 Å². The number of likely N-dealkylation sites (tertiary alicyclic amines) is 1. The summed E-state index contributed by atoms with van der Waals surface area (Å²) in [5, 5.41) is 3.62. The number of fused-ring (bicyclic) bond motifs is 1. The zero-order valence-corrected chi connectivity index (χ0v) is 25.4. The molecule has 0 unspecified atom stereocenters. The van der Waals surface area contributed by atoms with Gasteiger partial charge in [-0.1, -0.05) is 29.8 Å². The lowest BCUT2D eigenvalue weighted by Crippen LogP contribution is -2.40. The van der Waals surface area contributed by atoms with Gasteiger partial charge in [0.15, 0.2) is 0 Å². The number of rotatable bonds is 9. The first-order chi connectivity index (χ1) is 20.7. The summed E-state index contributed by atoms with van der Waals surface area (Å²) in [4.78, 5) is 40.0. The van der Waals surface area contributed by atoms with Crippen molar-refractivity contribution in [2.24, 2.45) is 13.0 Å². The quantitative estimate of drug-likeness (QED) is 0.336. The van der Waals surface area contributed by atoms with E-state index in [-0.39, 0.29) is 58.7 Å². The van der Waals surface area contributed by atoms with Crippen LogP contribution in [-0.4, -0.2) is 72.9 Å². The Balaban J connectivity index is 1.22. The first kappa shape index (κ1) is 31.0. The Morgan fingerprint density at radius 2 is 1.81 bits per heavy atom. The summed E-state index contributed by atoms with van der Waals surface area (Å²) in [6.07, 6.45) is 4.92. The maximum Gasteiger partial charge on any atom is 0.308 e. The molecule has 1 aliphatic heterocycles. The van der Waals surface area contributed by atoms with Crippen LogP contribution in [0.15, 0.2) is 42.6 Å². The largest absolute Gasteiger partial charge is 0.469 e. The summed E-state index contributed by atoms with van der Waals surface area (Å²) in [6.45, 7) is 0.717. The Bertz CT molecular complexity index is 1500. The molecule has 2 heterocycles. The molecule has 2 aromatic carbocycles. The summed E-state index contributed by atoms with van der Waals surface area (Å²) in [5.41, 5.74) is 1.60. The number of aryl methyl sites for hydroxylation is 1. The highest BCUT2D eigenvalue weighted by molar-refractivity contribution is 6.34. The number of methoxy groups -OCH3 is 2. The highest BCUT2D eigenvalue weighted by Crippen LogP contribution is 2.31. The van der Waals surface area contributed by atoms with Gasteiger partial charge in [-0.2, -0.15) is 0 Å². The van der Waals surface area contributed by atoms with Crippen molar-refractivity contribution in [3.05, 3.63) is 64.6 Å². The maximum atomic E-state index is 15.3. The van der Waals surface area contributed by atoms with Gasteiger partial charge in [0.05, 0.1) is 60.6 Å². The van der Waals surface area contributed by atoms with Gasteiger partial charge in [0.1, 0.15) is 5.82 Å². The first-order valence-electron chi connectivity index (χ1n) is 14.5. The zero-order chi connectivity index (χ0) is 30.7. The minimum atomic E-state index is -0.636. The van der Waals surface area contributed by atoms with Gasteiger partial charge in [0, 0.05) is 37.8 Å². The van der Waals surface area contributed by atoms with E-state index < -0.39 is 11.7 Å². The Morgan fingerprint density at radius 3 is 2.53 bits per heavy atom. The molecule has 3 aromatic rings. The van der Waals surface area contributed by atoms with Crippen LogP contribution in [0.25, 0.3) is 10.9 Å². The van der Waals surface area contributed by atoms with Crippen molar-refractivity contribution in [3.8, 4) is 0 Å². The highest BCUT2D eigenvalue weighted by Gasteiger charge is 2.37. The van der Waals surface area contributed by atoms with E-state index in [4.69, 9.17) is 25.8 Å². The Kier molecular flexibility index (Phi) is 9.68. The molecular weight excluding hydrogens is 577 g/mol. The Labute approximate surface area is 255 Å². The Morgan fingerprint density at radius 1 is 1.07 bits per heavy atom. The van der Waals surface area contributed by atoms with Crippen molar-refractivity contribution >= 4 is 46.0 Å². The molecule has 1 saturated heterocycles. The van der Waals surface area contributed by atoms with Crippen molar-refractivity contribution in [2.75, 3.05) is 32.7 Å². The number of halogens is 2. The molecule has 1 saturated carbocycles. The fourth-order valence-electron chi connectivity index (χ4n) is 6.18. The van der Waals surface area contributed by atoms with Gasteiger partial charge in [-0.15, -0.1) is 0 Å². The minimum absolute atomic E-state index is 0.00679. The Hall–Kier alpha value is -3.47. The summed E-state index contributed by atoms with van der Waals surface area (Å²) in [7, 11) is 4.86. The van der Waals surface area contributed by atoms with E-state index in [9.17, 15) is 14.4 Å². The molecule has 1 aromatic heterocycles. The highest BCUT2D eigenvalue weighted by atomic mass is 35.5. The molecule has 2 aliphatic rings. The van der Waals surface area contributed by atoms with E-state index in [1.807, 2.05) is 35.9 Å². The second kappa shape index (κ2) is 13.4. The molecule has 230 valence electrons. The molecule has 9 nitrogen and oxygen atoms in total. The molecule has 5 rings (SSSR count). The van der Waals surface area contributed by atoms with Gasteiger partial charge in [0.25, 0.3) is 5.91 Å². The number of anilines is 1. The van der Waals surface area contributed by atoms with Crippen LogP contribution in [0.5, 0.6) is 0 Å². The van der Waals surface area contributed by atoms with E-state index in [0.717, 1.165) is 29.8 Å². The van der Waals surface area contributed by atoms with Gasteiger partial charge in [-0.25, -0.2) is 4.39 Å². The number of amides is 2. The third kappa shape index (κ3) is 6.87. The molecule has 1 N–H and O–H groups in total. The number of carbonyl (C=O) groups excluding carboxylic acids is 3. The standard InChI is InChI=1S/C32H37ClFN3O6/c1-36-17-25(24-6-4-5-7-29(24)36)31(39)35-28-15-27(34)20(12-26(28)33)13-30(38)37-16-23(41-2)14-21(37)18-43-22-10-8-19(9-11-22)32(40)42-3/h4-7,12,15,17,19,21-23H,8-11,13-14,16,18H2,1-3H3,(H,35,39)/t19?,21-,22?,23+/m0/s1. The predicted octanol–water partition coefficient (Wildman–Crippen LogP) is 5.13. The molecule has 2 atom stereocenters. The lowest BCUT2D eigenvalue weighted by atomic mass is 9.87. The van der Waals surface area contributed by atoms with Gasteiger partial charge < -0.3 is 29.0 Å². The van der Waals surface area contributed by atoms with E-state index in [0.29, 0.717) is 38.0 Å². The van der Waals surface area contributed by atoms with Crippen molar-refractivity contribution in [1.82, 2.24) is 9.47 Å². The number of hydrogen-bond acceptors (Lipinski definition) is 6. The van der Waals surface area contributed by atoms with E-state index in [1.54, 1.807) is 18.2 Å². The minimum Gasteiger partial charge on any atom is -0.469 e. The van der Waals surface area contributed by atoms with Gasteiger partial charge >= 0.3 is 5.97 Å². The van der Waals surface area contributed by atoms with Crippen LogP contribution >= 0.6 is 11.6 Å². The summed E-state index contributed by atoms with van der Waals surface area (Å²) in [6, 6.07) is 9.83. The lowest BCUT2D eigenvalue weighted by molar-refractivity contribution is -0.148. The lowest BCUT2D eigenvalue weighted by Gasteiger charge is -2.30. The van der Waals surface area contributed by atoms with Crippen LogP contribution in [0, 0.1) is 11.7 Å². The van der Waals surface area contributed by atoms with Crippen molar-refractivity contribution in [1.29, 1.82) is 0 Å². The topological polar surface area (TPSA) is 99.1 Å². The molecule has 11 heteroatoms. The maximum absolute atomic E-state index is 15.3. The number of nitrogens with one attached hydrogen (secondary N) is 1. The van der Waals surface area contributed by atoms with Crippen LogP contribution in [-0.2, 0) is 37.3 Å². The number of esters is 1. The third-order valence-corrected chi connectivity index (χ3v) is 8.94. The summed E-state index contributed by atoms with van der Waals surface area (Å²) >= 11 is 6.47. The van der Waals surface area contributed by atoms with Crippen molar-refractivity contribution in [3.63, 3.8) is 0 Å². The average molecular weight is 614 g/mol. The number of benzene rings is 2. The normalized spacial score (nSPS) is 22.1.